The highest BCUT2D eigenvalue weighted by molar-refractivity contribution is 5.98. The van der Waals surface area contributed by atoms with Crippen molar-refractivity contribution < 1.29 is 28.2 Å². The number of fused-ring (bicyclic) bond motifs is 2. The summed E-state index contributed by atoms with van der Waals surface area (Å²) in [4.78, 5) is 45.6. The van der Waals surface area contributed by atoms with Gasteiger partial charge >= 0.3 is 6.03 Å². The number of aromatic nitrogens is 1. The molecule has 9 nitrogen and oxygen atoms in total. The summed E-state index contributed by atoms with van der Waals surface area (Å²) in [6.45, 7) is 5.64. The summed E-state index contributed by atoms with van der Waals surface area (Å²) in [6.07, 6.45) is 3.90. The largest absolute Gasteiger partial charge is 0.435 e. The van der Waals surface area contributed by atoms with E-state index >= 15 is 4.39 Å². The predicted molar refractivity (Wildman–Crippen MR) is 157 cm³/mol. The molecule has 0 unspecified atom stereocenters. The number of carbonyl (C=O) groups excluding carboxylic acids is 3. The maximum absolute atomic E-state index is 15.1. The molecule has 1 aromatic heterocycles. The number of amides is 4. The van der Waals surface area contributed by atoms with E-state index in [0.717, 1.165) is 31.2 Å². The molecule has 224 valence electrons. The fourth-order valence-electron chi connectivity index (χ4n) is 6.24. The van der Waals surface area contributed by atoms with Gasteiger partial charge in [-0.2, -0.15) is 0 Å². The number of nitrogens with one attached hydrogen (secondary N) is 2. The van der Waals surface area contributed by atoms with Gasteiger partial charge in [-0.05, 0) is 37.1 Å². The second-order valence-corrected chi connectivity index (χ2v) is 11.9. The van der Waals surface area contributed by atoms with Crippen molar-refractivity contribution in [2.24, 2.45) is 5.41 Å². The molecule has 43 heavy (non-hydrogen) atoms. The van der Waals surface area contributed by atoms with Crippen molar-refractivity contribution in [3.05, 3.63) is 77.1 Å². The number of ether oxygens (including phenoxy) is 2. The number of hydrogen-bond acceptors (Lipinski definition) is 6. The van der Waals surface area contributed by atoms with Crippen molar-refractivity contribution in [3.63, 3.8) is 0 Å². The van der Waals surface area contributed by atoms with E-state index in [-0.39, 0.29) is 23.6 Å². The van der Waals surface area contributed by atoms with Crippen LogP contribution in [0.1, 0.15) is 66.9 Å². The van der Waals surface area contributed by atoms with Crippen LogP contribution in [0.4, 0.5) is 9.18 Å². The van der Waals surface area contributed by atoms with Crippen LogP contribution in [0.25, 0.3) is 11.3 Å². The van der Waals surface area contributed by atoms with Crippen LogP contribution in [0.2, 0.25) is 0 Å². The van der Waals surface area contributed by atoms with Crippen molar-refractivity contribution in [3.8, 4) is 22.9 Å². The van der Waals surface area contributed by atoms with E-state index in [2.05, 4.69) is 10.6 Å². The van der Waals surface area contributed by atoms with E-state index < -0.39 is 29.1 Å². The second kappa shape index (κ2) is 11.8. The molecule has 2 fully saturated rings. The summed E-state index contributed by atoms with van der Waals surface area (Å²) in [7, 11) is 0. The normalized spacial score (nSPS) is 18.3. The molecule has 3 heterocycles. The molecule has 1 atom stereocenters. The molecule has 3 aliphatic rings. The Balaban J connectivity index is 1.28. The average molecular weight is 587 g/mol. The van der Waals surface area contributed by atoms with Gasteiger partial charge in [0.05, 0.1) is 24.3 Å². The maximum Gasteiger partial charge on any atom is 0.321 e. The van der Waals surface area contributed by atoms with Crippen LogP contribution in [0.3, 0.4) is 0 Å². The van der Waals surface area contributed by atoms with Gasteiger partial charge < -0.3 is 19.7 Å². The van der Waals surface area contributed by atoms with E-state index in [1.165, 1.54) is 6.07 Å². The van der Waals surface area contributed by atoms with Crippen molar-refractivity contribution >= 4 is 17.8 Å². The number of pyridine rings is 1. The molecule has 2 aromatic carbocycles. The lowest BCUT2D eigenvalue weighted by Crippen LogP contribution is -2.49. The van der Waals surface area contributed by atoms with Gasteiger partial charge in [0.1, 0.15) is 0 Å². The van der Waals surface area contributed by atoms with Crippen molar-refractivity contribution in [1.82, 2.24) is 20.5 Å². The number of imide groups is 1. The Morgan fingerprint density at radius 1 is 0.953 bits per heavy atom. The third-order valence-corrected chi connectivity index (χ3v) is 8.66. The van der Waals surface area contributed by atoms with Crippen LogP contribution in [0.15, 0.2) is 54.6 Å². The van der Waals surface area contributed by atoms with Crippen LogP contribution in [0.5, 0.6) is 11.6 Å². The quantitative estimate of drug-likeness (QED) is 0.415. The number of halogens is 1. The molecule has 1 saturated heterocycles. The summed E-state index contributed by atoms with van der Waals surface area (Å²) in [5.41, 5.74) is 1.84. The molecule has 1 aliphatic carbocycles. The molecule has 2 N–H and O–H groups in total. The molecular formula is C33H35FN4O5. The summed E-state index contributed by atoms with van der Waals surface area (Å²) >= 11 is 0. The number of morpholine rings is 1. The molecule has 4 amide bonds. The molecule has 0 spiro atoms. The van der Waals surface area contributed by atoms with E-state index in [9.17, 15) is 14.4 Å². The zero-order valence-corrected chi connectivity index (χ0v) is 24.3. The molecule has 6 rings (SSSR count). The van der Waals surface area contributed by atoms with Crippen LogP contribution in [-0.4, -0.2) is 60.1 Å². The number of para-hydroxylation sites is 1. The highest BCUT2D eigenvalue weighted by Gasteiger charge is 2.45. The van der Waals surface area contributed by atoms with E-state index in [1.54, 1.807) is 43.0 Å². The summed E-state index contributed by atoms with van der Waals surface area (Å²) in [6, 6.07) is 15.0. The topological polar surface area (TPSA) is 110 Å². The highest BCUT2D eigenvalue weighted by Crippen LogP contribution is 2.52. The number of hydrogen-bond donors (Lipinski definition) is 2. The van der Waals surface area contributed by atoms with Gasteiger partial charge in [0, 0.05) is 47.3 Å². The van der Waals surface area contributed by atoms with Gasteiger partial charge in [0.2, 0.25) is 11.8 Å². The zero-order chi connectivity index (χ0) is 30.1. The predicted octanol–water partition coefficient (Wildman–Crippen LogP) is 5.39. The minimum Gasteiger partial charge on any atom is -0.435 e. The molecule has 0 bridgehead atoms. The van der Waals surface area contributed by atoms with Crippen LogP contribution >= 0.6 is 0 Å². The first-order chi connectivity index (χ1) is 20.7. The number of nitrogens with zero attached hydrogens (tertiary/aromatic N) is 2. The molecule has 10 heteroatoms. The molecule has 0 radical (unpaired) electrons. The van der Waals surface area contributed by atoms with Crippen LogP contribution < -0.4 is 15.4 Å². The molecule has 3 aromatic rings. The maximum atomic E-state index is 15.1. The fourth-order valence-corrected chi connectivity index (χ4v) is 6.24. The highest BCUT2D eigenvalue weighted by atomic mass is 19.1. The number of benzene rings is 2. The van der Waals surface area contributed by atoms with E-state index in [0.29, 0.717) is 48.7 Å². The standard InChI is InChI=1S/C33H35FN4O5/c1-33(2,31(40)37-32(41)35-22-6-3-4-7-22)27-23-8-5-9-25(34)28(23)43-29-24(27)14-15-26(36-29)20-10-12-21(13-11-20)30(39)38-16-18-42-19-17-38/h5,8-15,22,27H,3-4,6-7,16-19H2,1-2H3,(H2,35,37,40,41)/t27-/m0/s1. The smallest absolute Gasteiger partial charge is 0.321 e. The first-order valence-corrected chi connectivity index (χ1v) is 14.8. The second-order valence-electron chi connectivity index (χ2n) is 11.9. The Morgan fingerprint density at radius 2 is 1.67 bits per heavy atom. The van der Waals surface area contributed by atoms with Crippen LogP contribution in [0, 0.1) is 11.2 Å². The Morgan fingerprint density at radius 3 is 2.40 bits per heavy atom. The molecule has 1 saturated carbocycles. The van der Waals surface area contributed by atoms with Gasteiger partial charge in [-0.15, -0.1) is 0 Å². The summed E-state index contributed by atoms with van der Waals surface area (Å²) < 4.78 is 26.5. The van der Waals surface area contributed by atoms with Gasteiger partial charge in [-0.3, -0.25) is 14.9 Å². The third-order valence-electron chi connectivity index (χ3n) is 8.66. The zero-order valence-electron chi connectivity index (χ0n) is 24.3. The SMILES string of the molecule is CC(C)(C(=O)NC(=O)NC1CCCC1)[C@@H]1c2ccc(-c3ccc(C(=O)N4CCOCC4)cc3)nc2Oc2c(F)cccc21. The molecular weight excluding hydrogens is 551 g/mol. The minimum absolute atomic E-state index is 0.00684. The fraction of sp³-hybridized carbons (Fsp3) is 0.394. The molecule has 2 aliphatic heterocycles. The van der Waals surface area contributed by atoms with Crippen molar-refractivity contribution in [2.45, 2.75) is 51.5 Å². The number of carbonyl (C=O) groups is 3. The third kappa shape index (κ3) is 5.71. The minimum atomic E-state index is -1.17. The first kappa shape index (κ1) is 28.8. The number of urea groups is 1. The Kier molecular flexibility index (Phi) is 7.87. The lowest BCUT2D eigenvalue weighted by atomic mass is 9.69. The lowest BCUT2D eigenvalue weighted by molar-refractivity contribution is -0.128. The average Bonchev–Trinajstić information content (AvgIpc) is 3.53. The van der Waals surface area contributed by atoms with Gasteiger partial charge in [0.15, 0.2) is 11.6 Å². The Labute approximate surface area is 249 Å². The van der Waals surface area contributed by atoms with E-state index in [4.69, 9.17) is 14.5 Å². The first-order valence-electron chi connectivity index (χ1n) is 14.8. The van der Waals surface area contributed by atoms with Gasteiger partial charge in [-0.25, -0.2) is 14.2 Å². The monoisotopic (exact) mass is 586 g/mol. The summed E-state index contributed by atoms with van der Waals surface area (Å²) in [5.74, 6) is -1.56. The Hall–Kier alpha value is -4.31. The summed E-state index contributed by atoms with van der Waals surface area (Å²) in [5, 5.41) is 5.40. The van der Waals surface area contributed by atoms with Crippen molar-refractivity contribution in [2.75, 3.05) is 26.3 Å². The van der Waals surface area contributed by atoms with E-state index in [1.807, 2.05) is 24.3 Å². The number of rotatable bonds is 5. The Bertz CT molecular complexity index is 1550. The lowest BCUT2D eigenvalue weighted by Gasteiger charge is -2.37. The van der Waals surface area contributed by atoms with Crippen molar-refractivity contribution in [1.29, 1.82) is 0 Å². The van der Waals surface area contributed by atoms with Gasteiger partial charge in [0.25, 0.3) is 5.91 Å². The van der Waals surface area contributed by atoms with Crippen LogP contribution in [-0.2, 0) is 9.53 Å². The van der Waals surface area contributed by atoms with Gasteiger partial charge in [-0.1, -0.05) is 57.0 Å².